The summed E-state index contributed by atoms with van der Waals surface area (Å²) in [6, 6.07) is 10.9. The quantitative estimate of drug-likeness (QED) is 0.601. The number of hydrogen-bond acceptors (Lipinski definition) is 5. The van der Waals surface area contributed by atoms with Gasteiger partial charge in [-0.15, -0.1) is 0 Å². The van der Waals surface area contributed by atoms with Crippen molar-refractivity contribution in [2.24, 2.45) is 0 Å². The van der Waals surface area contributed by atoms with Gasteiger partial charge in [0.15, 0.2) is 0 Å². The van der Waals surface area contributed by atoms with Crippen LogP contribution < -0.4 is 15.4 Å². The Labute approximate surface area is 179 Å². The molecule has 160 valence electrons. The van der Waals surface area contributed by atoms with Crippen LogP contribution in [0.5, 0.6) is 5.88 Å². The number of amides is 2. The molecule has 0 saturated heterocycles. The number of nitrogens with zero attached hydrogens (tertiary/aromatic N) is 2. The van der Waals surface area contributed by atoms with Crippen LogP contribution in [-0.4, -0.2) is 21.8 Å². The zero-order valence-corrected chi connectivity index (χ0v) is 17.5. The Kier molecular flexibility index (Phi) is 6.92. The normalized spacial score (nSPS) is 11.5. The molecule has 0 radical (unpaired) electrons. The molecule has 2 N–H and O–H groups in total. The lowest BCUT2D eigenvalue weighted by molar-refractivity contribution is -0.114. The maximum Gasteiger partial charge on any atom is 0.253 e. The minimum absolute atomic E-state index is 0.218. The van der Waals surface area contributed by atoms with E-state index in [-0.39, 0.29) is 30.3 Å². The summed E-state index contributed by atoms with van der Waals surface area (Å²) >= 11 is 0. The molecule has 2 aromatic heterocycles. The van der Waals surface area contributed by atoms with Crippen LogP contribution in [0, 0.1) is 12.7 Å². The van der Waals surface area contributed by atoms with Crippen molar-refractivity contribution in [1.82, 2.24) is 15.3 Å². The van der Waals surface area contributed by atoms with Gasteiger partial charge < -0.3 is 15.4 Å². The Bertz CT molecular complexity index is 1090. The molecule has 0 spiro atoms. The number of aromatic nitrogens is 2. The van der Waals surface area contributed by atoms with E-state index in [1.54, 1.807) is 43.5 Å². The fourth-order valence-corrected chi connectivity index (χ4v) is 2.90. The Morgan fingerprint density at radius 1 is 1.13 bits per heavy atom. The number of halogens is 1. The standard InChI is InChI=1S/C23H23FN4O3/c1-14-10-19(12-26-23(14)31-13-17-4-6-20(24)7-5-17)22(30)27-15(2)18-8-9-25-21(11-18)28-16(3)29/h4-12,15H,13H2,1-3H3,(H,27,30)(H,25,28,29). The van der Waals surface area contributed by atoms with Crippen LogP contribution in [0.2, 0.25) is 0 Å². The van der Waals surface area contributed by atoms with Crippen molar-refractivity contribution in [2.45, 2.75) is 33.4 Å². The van der Waals surface area contributed by atoms with E-state index in [2.05, 4.69) is 20.6 Å². The van der Waals surface area contributed by atoms with E-state index < -0.39 is 0 Å². The van der Waals surface area contributed by atoms with Crippen molar-refractivity contribution in [2.75, 3.05) is 5.32 Å². The molecular formula is C23H23FN4O3. The van der Waals surface area contributed by atoms with Crippen LogP contribution >= 0.6 is 0 Å². The van der Waals surface area contributed by atoms with Gasteiger partial charge in [0.25, 0.3) is 5.91 Å². The second kappa shape index (κ2) is 9.80. The van der Waals surface area contributed by atoms with Gasteiger partial charge in [0.1, 0.15) is 18.2 Å². The van der Waals surface area contributed by atoms with E-state index >= 15 is 0 Å². The van der Waals surface area contributed by atoms with Gasteiger partial charge in [-0.1, -0.05) is 12.1 Å². The lowest BCUT2D eigenvalue weighted by atomic mass is 10.1. The van der Waals surface area contributed by atoms with E-state index in [9.17, 15) is 14.0 Å². The van der Waals surface area contributed by atoms with Crippen LogP contribution in [-0.2, 0) is 11.4 Å². The molecule has 0 aliphatic rings. The Morgan fingerprint density at radius 3 is 2.55 bits per heavy atom. The van der Waals surface area contributed by atoms with Crippen molar-refractivity contribution in [3.8, 4) is 5.88 Å². The van der Waals surface area contributed by atoms with Gasteiger partial charge in [-0.3, -0.25) is 9.59 Å². The van der Waals surface area contributed by atoms with Gasteiger partial charge in [-0.2, -0.15) is 0 Å². The number of pyridine rings is 2. The van der Waals surface area contributed by atoms with Crippen molar-refractivity contribution in [1.29, 1.82) is 0 Å². The highest BCUT2D eigenvalue weighted by Gasteiger charge is 2.14. The van der Waals surface area contributed by atoms with Gasteiger partial charge in [0, 0.05) is 24.9 Å². The molecule has 1 atom stereocenters. The molecule has 7 nitrogen and oxygen atoms in total. The van der Waals surface area contributed by atoms with Crippen molar-refractivity contribution in [3.05, 3.63) is 82.9 Å². The topological polar surface area (TPSA) is 93.2 Å². The smallest absolute Gasteiger partial charge is 0.253 e. The van der Waals surface area contributed by atoms with E-state index in [1.807, 2.05) is 6.92 Å². The molecule has 3 rings (SSSR count). The molecule has 2 amide bonds. The largest absolute Gasteiger partial charge is 0.473 e. The third-order valence-electron chi connectivity index (χ3n) is 4.52. The summed E-state index contributed by atoms with van der Waals surface area (Å²) in [5.41, 5.74) is 2.72. The molecule has 0 aliphatic heterocycles. The number of aryl methyl sites for hydroxylation is 1. The van der Waals surface area contributed by atoms with Crippen molar-refractivity contribution < 1.29 is 18.7 Å². The average Bonchev–Trinajstić information content (AvgIpc) is 2.73. The summed E-state index contributed by atoms with van der Waals surface area (Å²) in [4.78, 5) is 32.2. The summed E-state index contributed by atoms with van der Waals surface area (Å²) < 4.78 is 18.7. The number of hydrogen-bond donors (Lipinski definition) is 2. The number of ether oxygens (including phenoxy) is 1. The Morgan fingerprint density at radius 2 is 1.87 bits per heavy atom. The Hall–Kier alpha value is -3.81. The maximum atomic E-state index is 13.0. The van der Waals surface area contributed by atoms with E-state index in [0.717, 1.165) is 11.1 Å². The monoisotopic (exact) mass is 422 g/mol. The molecule has 0 fully saturated rings. The molecule has 1 unspecified atom stereocenters. The molecule has 0 saturated carbocycles. The second-order valence-electron chi connectivity index (χ2n) is 7.11. The average molecular weight is 422 g/mol. The lowest BCUT2D eigenvalue weighted by Crippen LogP contribution is -2.27. The minimum atomic E-state index is -0.308. The summed E-state index contributed by atoms with van der Waals surface area (Å²) in [6.45, 7) is 5.29. The summed E-state index contributed by atoms with van der Waals surface area (Å²) in [5, 5.41) is 5.53. The number of anilines is 1. The number of carbonyl (C=O) groups excluding carboxylic acids is 2. The highest BCUT2D eigenvalue weighted by Crippen LogP contribution is 2.19. The molecule has 0 bridgehead atoms. The molecule has 8 heteroatoms. The first-order chi connectivity index (χ1) is 14.8. The zero-order valence-electron chi connectivity index (χ0n) is 17.5. The fourth-order valence-electron chi connectivity index (χ4n) is 2.90. The van der Waals surface area contributed by atoms with Gasteiger partial charge in [-0.25, -0.2) is 14.4 Å². The van der Waals surface area contributed by atoms with Crippen LogP contribution in [0.25, 0.3) is 0 Å². The molecule has 0 aliphatic carbocycles. The zero-order chi connectivity index (χ0) is 22.4. The third kappa shape index (κ3) is 6.08. The van der Waals surface area contributed by atoms with E-state index in [1.165, 1.54) is 25.3 Å². The van der Waals surface area contributed by atoms with Gasteiger partial charge in [0.2, 0.25) is 11.8 Å². The highest BCUT2D eigenvalue weighted by atomic mass is 19.1. The first-order valence-electron chi connectivity index (χ1n) is 9.70. The maximum absolute atomic E-state index is 13.0. The van der Waals surface area contributed by atoms with Crippen LogP contribution in [0.15, 0.2) is 54.9 Å². The highest BCUT2D eigenvalue weighted by molar-refractivity contribution is 5.94. The molecule has 2 heterocycles. The predicted molar refractivity (Wildman–Crippen MR) is 114 cm³/mol. The minimum Gasteiger partial charge on any atom is -0.473 e. The fraction of sp³-hybridized carbons (Fsp3) is 0.217. The summed E-state index contributed by atoms with van der Waals surface area (Å²) in [7, 11) is 0. The summed E-state index contributed by atoms with van der Waals surface area (Å²) in [6.07, 6.45) is 3.02. The van der Waals surface area contributed by atoms with Crippen LogP contribution in [0.3, 0.4) is 0 Å². The number of nitrogens with one attached hydrogen (secondary N) is 2. The molecule has 31 heavy (non-hydrogen) atoms. The molecule has 1 aromatic carbocycles. The predicted octanol–water partition coefficient (Wildman–Crippen LogP) is 3.95. The number of benzene rings is 1. The van der Waals surface area contributed by atoms with E-state index in [4.69, 9.17) is 4.74 Å². The first kappa shape index (κ1) is 21.9. The third-order valence-corrected chi connectivity index (χ3v) is 4.52. The lowest BCUT2D eigenvalue weighted by Gasteiger charge is -2.16. The van der Waals surface area contributed by atoms with Crippen LogP contribution in [0.1, 0.15) is 46.9 Å². The summed E-state index contributed by atoms with van der Waals surface area (Å²) in [5.74, 6) is 0.0192. The van der Waals surface area contributed by atoms with Gasteiger partial charge in [0.05, 0.1) is 11.6 Å². The van der Waals surface area contributed by atoms with Crippen LogP contribution in [0.4, 0.5) is 10.2 Å². The van der Waals surface area contributed by atoms with Gasteiger partial charge >= 0.3 is 0 Å². The SMILES string of the molecule is CC(=O)Nc1cc(C(C)NC(=O)c2cnc(OCc3ccc(F)cc3)c(C)c2)ccn1. The van der Waals surface area contributed by atoms with Crippen molar-refractivity contribution in [3.63, 3.8) is 0 Å². The Balaban J connectivity index is 1.63. The first-order valence-corrected chi connectivity index (χ1v) is 9.70. The molecule has 3 aromatic rings. The molecular weight excluding hydrogens is 399 g/mol. The second-order valence-corrected chi connectivity index (χ2v) is 7.11. The van der Waals surface area contributed by atoms with Crippen molar-refractivity contribution >= 4 is 17.6 Å². The number of rotatable bonds is 7. The van der Waals surface area contributed by atoms with Gasteiger partial charge in [-0.05, 0) is 55.3 Å². The van der Waals surface area contributed by atoms with E-state index in [0.29, 0.717) is 22.8 Å². The number of carbonyl (C=O) groups is 2.